The van der Waals surface area contributed by atoms with Crippen LogP contribution < -0.4 is 5.32 Å². The highest BCUT2D eigenvalue weighted by Crippen LogP contribution is 2.28. The third-order valence-electron chi connectivity index (χ3n) is 3.64. The van der Waals surface area contributed by atoms with Gasteiger partial charge in [-0.1, -0.05) is 45.0 Å². The minimum atomic E-state index is -0.348. The van der Waals surface area contributed by atoms with E-state index in [-0.39, 0.29) is 17.1 Å². The van der Waals surface area contributed by atoms with E-state index in [9.17, 15) is 4.79 Å². The Bertz CT molecular complexity index is 757. The number of thiazole rings is 1. The van der Waals surface area contributed by atoms with E-state index < -0.39 is 0 Å². The van der Waals surface area contributed by atoms with Gasteiger partial charge >= 0.3 is 0 Å². The number of aromatic nitrogens is 1. The monoisotopic (exact) mass is 344 g/mol. The molecule has 0 atom stereocenters. The molecule has 0 radical (unpaired) electrons. The maximum absolute atomic E-state index is 12.1. The van der Waals surface area contributed by atoms with Gasteiger partial charge in [-0.05, 0) is 11.0 Å². The summed E-state index contributed by atoms with van der Waals surface area (Å²) in [6.45, 7) is 7.39. The predicted octanol–water partition coefficient (Wildman–Crippen LogP) is 3.93. The number of nitrogens with zero attached hydrogens (tertiary/aromatic N) is 1. The molecule has 0 unspecified atom stereocenters. The van der Waals surface area contributed by atoms with Crippen LogP contribution in [0.1, 0.15) is 26.3 Å². The van der Waals surface area contributed by atoms with Crippen LogP contribution in [-0.2, 0) is 19.7 Å². The van der Waals surface area contributed by atoms with Gasteiger partial charge < -0.3 is 9.47 Å². The molecule has 6 heteroatoms. The van der Waals surface area contributed by atoms with Gasteiger partial charge in [0.05, 0.1) is 5.69 Å². The quantitative estimate of drug-likeness (QED) is 0.916. The van der Waals surface area contributed by atoms with E-state index in [0.717, 1.165) is 11.3 Å². The number of carbonyl (C=O) groups is 1. The average Bonchev–Trinajstić information content (AvgIpc) is 3.03. The van der Waals surface area contributed by atoms with Crippen LogP contribution in [0.2, 0.25) is 0 Å². The van der Waals surface area contributed by atoms with Crippen LogP contribution >= 0.6 is 11.3 Å². The third-order valence-corrected chi connectivity index (χ3v) is 4.40. The summed E-state index contributed by atoms with van der Waals surface area (Å²) in [5.74, 6) is -0.175. The first-order chi connectivity index (χ1) is 11.4. The zero-order valence-corrected chi connectivity index (χ0v) is 14.8. The van der Waals surface area contributed by atoms with E-state index in [0.29, 0.717) is 18.3 Å². The molecule has 24 heavy (non-hydrogen) atoms. The molecular weight excluding hydrogens is 324 g/mol. The Morgan fingerprint density at radius 2 is 1.96 bits per heavy atom. The van der Waals surface area contributed by atoms with Crippen LogP contribution in [0.4, 0.5) is 5.13 Å². The number of carbonyl (C=O) groups excluding carboxylic acids is 1. The minimum absolute atomic E-state index is 0.121. The Hall–Kier alpha value is -2.34. The lowest BCUT2D eigenvalue weighted by molar-refractivity contribution is -0.117. The highest BCUT2D eigenvalue weighted by molar-refractivity contribution is 7.14. The maximum Gasteiger partial charge on any atom is 0.295 e. The Morgan fingerprint density at radius 1 is 1.21 bits per heavy atom. The highest BCUT2D eigenvalue weighted by Gasteiger charge is 2.17. The standard InChI is InChI=1S/C18H20N2O3S/c1-18(2,3)13-6-4-12(5-7-13)14-11-24-17(19-14)20-16(21)15-10-22-8-9-23-15/h4-7,10-11H,8-9H2,1-3H3,(H,19,20,21). The van der Waals surface area contributed by atoms with Crippen molar-refractivity contribution in [2.24, 2.45) is 0 Å². The summed E-state index contributed by atoms with van der Waals surface area (Å²) in [7, 11) is 0. The van der Waals surface area contributed by atoms with Gasteiger partial charge in [-0.2, -0.15) is 0 Å². The van der Waals surface area contributed by atoms with Crippen molar-refractivity contribution in [2.75, 3.05) is 18.5 Å². The summed E-state index contributed by atoms with van der Waals surface area (Å²) >= 11 is 1.38. The molecule has 1 aliphatic rings. The number of nitrogens with one attached hydrogen (secondary N) is 1. The van der Waals surface area contributed by atoms with Gasteiger partial charge in [-0.25, -0.2) is 4.98 Å². The molecule has 3 rings (SSSR count). The fraction of sp³-hybridized carbons (Fsp3) is 0.333. The lowest BCUT2D eigenvalue weighted by Crippen LogP contribution is -2.21. The fourth-order valence-electron chi connectivity index (χ4n) is 2.25. The van der Waals surface area contributed by atoms with E-state index >= 15 is 0 Å². The van der Waals surface area contributed by atoms with Crippen molar-refractivity contribution in [3.63, 3.8) is 0 Å². The molecule has 2 heterocycles. The van der Waals surface area contributed by atoms with Crippen LogP contribution in [0.3, 0.4) is 0 Å². The van der Waals surface area contributed by atoms with E-state index in [1.54, 1.807) is 0 Å². The van der Waals surface area contributed by atoms with Gasteiger partial charge in [0.2, 0.25) is 5.76 Å². The van der Waals surface area contributed by atoms with E-state index in [4.69, 9.17) is 9.47 Å². The molecule has 2 aromatic rings. The van der Waals surface area contributed by atoms with E-state index in [1.807, 2.05) is 5.38 Å². The minimum Gasteiger partial charge on any atom is -0.494 e. The first kappa shape index (κ1) is 16.5. The number of hydrogen-bond donors (Lipinski definition) is 1. The summed E-state index contributed by atoms with van der Waals surface area (Å²) in [6, 6.07) is 8.35. The molecule has 1 aliphatic heterocycles. The third kappa shape index (κ3) is 3.76. The largest absolute Gasteiger partial charge is 0.494 e. The predicted molar refractivity (Wildman–Crippen MR) is 94.9 cm³/mol. The molecular formula is C18H20N2O3S. The van der Waals surface area contributed by atoms with Crippen LogP contribution in [0.5, 0.6) is 0 Å². The van der Waals surface area contributed by atoms with Gasteiger partial charge in [0, 0.05) is 10.9 Å². The van der Waals surface area contributed by atoms with Crippen molar-refractivity contribution in [3.05, 3.63) is 47.2 Å². The normalized spacial score (nSPS) is 14.4. The molecule has 1 N–H and O–H groups in total. The first-order valence-electron chi connectivity index (χ1n) is 7.76. The zero-order chi connectivity index (χ0) is 17.2. The van der Waals surface area contributed by atoms with Gasteiger partial charge in [0.15, 0.2) is 5.13 Å². The lowest BCUT2D eigenvalue weighted by atomic mass is 9.86. The van der Waals surface area contributed by atoms with Gasteiger partial charge in [-0.3, -0.25) is 10.1 Å². The maximum atomic E-state index is 12.1. The molecule has 1 aromatic carbocycles. The molecule has 0 saturated heterocycles. The van der Waals surface area contributed by atoms with Crippen molar-refractivity contribution in [2.45, 2.75) is 26.2 Å². The Labute approximate surface area is 145 Å². The number of rotatable bonds is 3. The smallest absolute Gasteiger partial charge is 0.295 e. The molecule has 1 aromatic heterocycles. The zero-order valence-electron chi connectivity index (χ0n) is 14.0. The van der Waals surface area contributed by atoms with Crippen LogP contribution in [0.15, 0.2) is 41.7 Å². The Morgan fingerprint density at radius 3 is 2.58 bits per heavy atom. The van der Waals surface area contributed by atoms with Crippen molar-refractivity contribution >= 4 is 22.4 Å². The second-order valence-electron chi connectivity index (χ2n) is 6.52. The van der Waals surface area contributed by atoms with Crippen molar-refractivity contribution in [1.29, 1.82) is 0 Å². The molecule has 126 valence electrons. The molecule has 0 bridgehead atoms. The van der Waals surface area contributed by atoms with Crippen molar-refractivity contribution < 1.29 is 14.3 Å². The summed E-state index contributed by atoms with van der Waals surface area (Å²) in [6.07, 6.45) is 1.33. The molecule has 1 amide bonds. The number of hydrogen-bond acceptors (Lipinski definition) is 5. The Kier molecular flexibility index (Phi) is 4.57. The molecule has 5 nitrogen and oxygen atoms in total. The average molecular weight is 344 g/mol. The van der Waals surface area contributed by atoms with Gasteiger partial charge in [0.25, 0.3) is 5.91 Å². The summed E-state index contributed by atoms with van der Waals surface area (Å²) < 4.78 is 10.3. The lowest BCUT2D eigenvalue weighted by Gasteiger charge is -2.18. The molecule has 0 spiro atoms. The summed E-state index contributed by atoms with van der Waals surface area (Å²) in [4.78, 5) is 16.5. The van der Waals surface area contributed by atoms with Crippen LogP contribution in [0, 0.1) is 0 Å². The van der Waals surface area contributed by atoms with Crippen LogP contribution in [-0.4, -0.2) is 24.1 Å². The van der Waals surface area contributed by atoms with Crippen LogP contribution in [0.25, 0.3) is 11.3 Å². The second kappa shape index (κ2) is 6.65. The molecule has 0 aliphatic carbocycles. The molecule has 0 saturated carbocycles. The van der Waals surface area contributed by atoms with E-state index in [2.05, 4.69) is 55.3 Å². The topological polar surface area (TPSA) is 60.5 Å². The number of amides is 1. The summed E-state index contributed by atoms with van der Waals surface area (Å²) in [5, 5.41) is 5.19. The molecule has 0 fully saturated rings. The highest BCUT2D eigenvalue weighted by atomic mass is 32.1. The Balaban J connectivity index is 1.71. The van der Waals surface area contributed by atoms with Crippen molar-refractivity contribution in [3.8, 4) is 11.3 Å². The SMILES string of the molecule is CC(C)(C)c1ccc(-c2csc(NC(=O)C3=COCCO3)n2)cc1. The van der Waals surface area contributed by atoms with Gasteiger partial charge in [-0.15, -0.1) is 11.3 Å². The second-order valence-corrected chi connectivity index (χ2v) is 7.38. The van der Waals surface area contributed by atoms with E-state index in [1.165, 1.54) is 23.2 Å². The number of ether oxygens (including phenoxy) is 2. The number of benzene rings is 1. The van der Waals surface area contributed by atoms with Gasteiger partial charge in [0.1, 0.15) is 19.5 Å². The summed E-state index contributed by atoms with van der Waals surface area (Å²) in [5.41, 5.74) is 3.26. The fourth-order valence-corrected chi connectivity index (χ4v) is 2.97. The first-order valence-corrected chi connectivity index (χ1v) is 8.64. The number of anilines is 1. The van der Waals surface area contributed by atoms with Crippen molar-refractivity contribution in [1.82, 2.24) is 4.98 Å².